The Kier molecular flexibility index (Phi) is 18.5. The van der Waals surface area contributed by atoms with Crippen LogP contribution in [-0.4, -0.2) is 133 Å². The summed E-state index contributed by atoms with van der Waals surface area (Å²) in [6.07, 6.45) is -2.47. The Hall–Kier alpha value is -5.14. The summed E-state index contributed by atoms with van der Waals surface area (Å²) < 4.78 is 74.8. The molecule has 0 spiro atoms. The average Bonchev–Trinajstić information content (AvgIpc) is 3.17. The van der Waals surface area contributed by atoms with Gasteiger partial charge in [-0.25, -0.2) is 9.52 Å². The van der Waals surface area contributed by atoms with Crippen molar-refractivity contribution in [2.75, 3.05) is 53.7 Å². The zero-order valence-corrected chi connectivity index (χ0v) is 33.5. The Balaban J connectivity index is 1.99. The molecular formula is C38H49N3O16S. The van der Waals surface area contributed by atoms with Crippen molar-refractivity contribution in [3.05, 3.63) is 54.1 Å². The van der Waals surface area contributed by atoms with Crippen LogP contribution in [0, 0.1) is 12.3 Å². The first-order chi connectivity index (χ1) is 27.5. The average molecular weight is 836 g/mol. The number of carbonyl (C=O) groups is 5. The van der Waals surface area contributed by atoms with E-state index >= 15 is 0 Å². The first-order valence-electron chi connectivity index (χ1n) is 17.9. The van der Waals surface area contributed by atoms with Gasteiger partial charge in [0.2, 0.25) is 5.91 Å². The molecule has 1 fully saturated rings. The van der Waals surface area contributed by atoms with Gasteiger partial charge in [-0.15, -0.1) is 6.42 Å². The van der Waals surface area contributed by atoms with Crippen LogP contribution in [0.4, 0.5) is 0 Å². The number of ether oxygens (including phenoxy) is 8. The van der Waals surface area contributed by atoms with Crippen LogP contribution in [0.25, 0.3) is 11.1 Å². The molecule has 3 rings (SSSR count). The lowest BCUT2D eigenvalue weighted by molar-refractivity contribution is -0.314. The largest absolute Gasteiger partial charge is 0.508 e. The summed E-state index contributed by atoms with van der Waals surface area (Å²) in [5, 5.41) is 12.2. The van der Waals surface area contributed by atoms with Crippen LogP contribution in [0.2, 0.25) is 0 Å². The van der Waals surface area contributed by atoms with E-state index in [0.29, 0.717) is 5.56 Å². The fourth-order valence-electron chi connectivity index (χ4n) is 5.90. The maximum Gasteiger partial charge on any atom is 0.366 e. The molecule has 20 heteroatoms. The summed E-state index contributed by atoms with van der Waals surface area (Å²) in [4.78, 5) is 64.5. The van der Waals surface area contributed by atoms with E-state index in [0.717, 1.165) is 46.1 Å². The Labute approximate surface area is 336 Å². The molecule has 1 heterocycles. The van der Waals surface area contributed by atoms with E-state index in [1.54, 1.807) is 48.5 Å². The molecule has 2 aromatic carbocycles. The van der Waals surface area contributed by atoms with Crippen molar-refractivity contribution >= 4 is 40.0 Å². The van der Waals surface area contributed by atoms with E-state index in [1.807, 2.05) is 0 Å². The highest BCUT2D eigenvalue weighted by Crippen LogP contribution is 2.37. The number of amides is 1. The molecular weight excluding hydrogens is 786 g/mol. The Bertz CT molecular complexity index is 1850. The predicted octanol–water partition coefficient (Wildman–Crippen LogP) is 0.277. The van der Waals surface area contributed by atoms with E-state index in [9.17, 15) is 37.5 Å². The molecule has 0 aromatic heterocycles. The third-order valence-electron chi connectivity index (χ3n) is 8.37. The highest BCUT2D eigenvalue weighted by Gasteiger charge is 2.59. The molecule has 0 bridgehead atoms. The number of phenols is 1. The third kappa shape index (κ3) is 14.7. The van der Waals surface area contributed by atoms with Gasteiger partial charge in [-0.1, -0.05) is 42.3 Å². The lowest BCUT2D eigenvalue weighted by Gasteiger charge is -2.48. The van der Waals surface area contributed by atoms with Gasteiger partial charge in [0.1, 0.15) is 24.6 Å². The number of terminal acetylenes is 1. The highest BCUT2D eigenvalue weighted by molar-refractivity contribution is 7.87. The van der Waals surface area contributed by atoms with E-state index in [1.165, 1.54) is 0 Å². The zero-order valence-electron chi connectivity index (χ0n) is 32.7. The minimum atomic E-state index is -4.41. The molecule has 0 saturated carbocycles. The molecule has 2 aromatic rings. The van der Waals surface area contributed by atoms with Crippen molar-refractivity contribution < 1.29 is 75.4 Å². The summed E-state index contributed by atoms with van der Waals surface area (Å²) in [6, 6.07) is 11.9. The van der Waals surface area contributed by atoms with Crippen molar-refractivity contribution in [1.29, 1.82) is 0 Å². The SMILES string of the molecule is C#CCOCCOCCO[C@]1(C(=O)OC)C[C@H](OC(C)=O)[C@@H](NS(=O)(=O)NC)[C@H]([C@H](OC(C)=O)[C@@H](CNC(=O)Cc2ccc(-c3ccc(O)cc3)cc2)OC(C)=O)O1. The van der Waals surface area contributed by atoms with E-state index in [4.69, 9.17) is 44.3 Å². The van der Waals surface area contributed by atoms with Crippen LogP contribution in [-0.2, 0) is 78.5 Å². The number of phenolic OH excluding ortho intramolecular Hbond substituents is 1. The topological polar surface area (TPSA) is 250 Å². The van der Waals surface area contributed by atoms with Gasteiger partial charge in [0, 0.05) is 27.8 Å². The lowest BCUT2D eigenvalue weighted by atomic mass is 9.88. The monoisotopic (exact) mass is 835 g/mol. The number of methoxy groups -OCH3 is 1. The summed E-state index contributed by atoms with van der Waals surface area (Å²) >= 11 is 0. The standard InChI is InChI=1S/C38H49N3O16S/c1-7-16-51-17-18-52-19-20-53-38(37(47)50-6)22-31(54-24(2)42)34(41-58(48,49)39-5)36(57-38)35(56-26(4)44)32(55-25(3)43)23-40-33(46)21-27-8-10-28(11-9-27)29-12-14-30(45)15-13-29/h1,8-15,31-32,34-36,39,41,45H,16-23H2,2-6H3,(H,40,46)/t31-,32+,34+,35+,36+,38+/m0/s1. The fraction of sp³-hybridized carbons (Fsp3) is 0.500. The second kappa shape index (κ2) is 22.7. The van der Waals surface area contributed by atoms with Gasteiger partial charge >= 0.3 is 23.9 Å². The third-order valence-corrected chi connectivity index (χ3v) is 9.49. The summed E-state index contributed by atoms with van der Waals surface area (Å²) in [7, 11) is -2.31. The van der Waals surface area contributed by atoms with E-state index in [-0.39, 0.29) is 45.2 Å². The van der Waals surface area contributed by atoms with Crippen molar-refractivity contribution in [3.8, 4) is 29.2 Å². The van der Waals surface area contributed by atoms with Crippen LogP contribution in [0.3, 0.4) is 0 Å². The Morgan fingerprint density at radius 3 is 2.09 bits per heavy atom. The second-order valence-corrected chi connectivity index (χ2v) is 14.3. The van der Waals surface area contributed by atoms with E-state index in [2.05, 4.69) is 20.7 Å². The summed E-state index contributed by atoms with van der Waals surface area (Å²) in [6.45, 7) is 2.40. The number of hydrogen-bond acceptors (Lipinski definition) is 16. The molecule has 1 saturated heterocycles. The smallest absolute Gasteiger partial charge is 0.366 e. The first kappa shape index (κ1) is 47.2. The molecule has 0 radical (unpaired) electrons. The number of hydrogen-bond donors (Lipinski definition) is 4. The van der Waals surface area contributed by atoms with Crippen molar-refractivity contribution in [2.24, 2.45) is 0 Å². The summed E-state index contributed by atoms with van der Waals surface area (Å²) in [5.74, 6) is -4.52. The van der Waals surface area contributed by atoms with Crippen molar-refractivity contribution in [2.45, 2.75) is 69.9 Å². The van der Waals surface area contributed by atoms with Crippen molar-refractivity contribution in [3.63, 3.8) is 0 Å². The van der Waals surface area contributed by atoms with Gasteiger partial charge < -0.3 is 48.3 Å². The number of esters is 4. The fourth-order valence-corrected chi connectivity index (χ4v) is 6.66. The van der Waals surface area contributed by atoms with Crippen LogP contribution in [0.5, 0.6) is 5.75 Å². The quantitative estimate of drug-likeness (QED) is 0.0538. The van der Waals surface area contributed by atoms with Gasteiger partial charge in [0.05, 0.1) is 59.0 Å². The van der Waals surface area contributed by atoms with Crippen molar-refractivity contribution in [1.82, 2.24) is 14.8 Å². The lowest BCUT2D eigenvalue weighted by Crippen LogP contribution is -2.70. The molecule has 1 aliphatic rings. The van der Waals surface area contributed by atoms with Crippen LogP contribution >= 0.6 is 0 Å². The maximum atomic E-state index is 13.5. The summed E-state index contributed by atoms with van der Waals surface area (Å²) in [5.41, 5.74) is 2.27. The zero-order chi connectivity index (χ0) is 42.9. The van der Waals surface area contributed by atoms with Gasteiger partial charge in [-0.05, 0) is 28.8 Å². The molecule has 0 unspecified atom stereocenters. The first-order valence-corrected chi connectivity index (χ1v) is 19.4. The molecule has 6 atom stereocenters. The molecule has 19 nitrogen and oxygen atoms in total. The van der Waals surface area contributed by atoms with Gasteiger partial charge in [0.15, 0.2) is 12.2 Å². The Morgan fingerprint density at radius 2 is 1.52 bits per heavy atom. The van der Waals surface area contributed by atoms with Gasteiger partial charge in [-0.2, -0.15) is 13.1 Å². The molecule has 1 amide bonds. The predicted molar refractivity (Wildman–Crippen MR) is 202 cm³/mol. The molecule has 0 aliphatic carbocycles. The number of aromatic hydroxyl groups is 1. The normalized spacial score (nSPS) is 20.1. The molecule has 318 valence electrons. The molecule has 1 aliphatic heterocycles. The van der Waals surface area contributed by atoms with Crippen LogP contribution in [0.15, 0.2) is 48.5 Å². The van der Waals surface area contributed by atoms with Crippen LogP contribution in [0.1, 0.15) is 32.8 Å². The molecule has 4 N–H and O–H groups in total. The molecule has 58 heavy (non-hydrogen) atoms. The minimum Gasteiger partial charge on any atom is -0.508 e. The number of rotatable bonds is 22. The Morgan fingerprint density at radius 1 is 0.914 bits per heavy atom. The highest BCUT2D eigenvalue weighted by atomic mass is 32.2. The number of carbonyl (C=O) groups excluding carboxylic acids is 5. The second-order valence-electron chi connectivity index (χ2n) is 12.7. The van der Waals surface area contributed by atoms with Crippen LogP contribution < -0.4 is 14.8 Å². The van der Waals surface area contributed by atoms with Gasteiger partial charge in [0.25, 0.3) is 16.0 Å². The number of benzene rings is 2. The van der Waals surface area contributed by atoms with E-state index < -0.39 is 89.2 Å². The van der Waals surface area contributed by atoms with Gasteiger partial charge in [-0.3, -0.25) is 19.2 Å². The number of nitrogens with one attached hydrogen (secondary N) is 3. The minimum absolute atomic E-state index is 0.0644. The maximum absolute atomic E-state index is 13.5.